The molecule has 0 spiro atoms. The van der Waals surface area contributed by atoms with E-state index >= 15 is 0 Å². The molecule has 4 nitrogen and oxygen atoms in total. The summed E-state index contributed by atoms with van der Waals surface area (Å²) in [5.74, 6) is 7.20. The SMILES string of the molecule is CCn1ccnc1C#CCN1CCNCC1. The second-order valence-corrected chi connectivity index (χ2v) is 3.86. The summed E-state index contributed by atoms with van der Waals surface area (Å²) >= 11 is 0. The lowest BCUT2D eigenvalue weighted by molar-refractivity contribution is 0.268. The van der Waals surface area contributed by atoms with Crippen LogP contribution in [0.3, 0.4) is 0 Å². The molecule has 1 aromatic heterocycles. The monoisotopic (exact) mass is 218 g/mol. The Morgan fingerprint density at radius 3 is 3.00 bits per heavy atom. The molecule has 1 fully saturated rings. The largest absolute Gasteiger partial charge is 0.325 e. The number of aromatic nitrogens is 2. The van der Waals surface area contributed by atoms with E-state index in [-0.39, 0.29) is 0 Å². The molecule has 0 aromatic carbocycles. The van der Waals surface area contributed by atoms with Crippen LogP contribution in [0.15, 0.2) is 12.4 Å². The summed E-state index contributed by atoms with van der Waals surface area (Å²) in [6.07, 6.45) is 3.77. The lowest BCUT2D eigenvalue weighted by atomic mass is 10.3. The number of nitrogens with zero attached hydrogens (tertiary/aromatic N) is 3. The molecule has 0 atom stereocenters. The van der Waals surface area contributed by atoms with Gasteiger partial charge in [-0.05, 0) is 12.8 Å². The van der Waals surface area contributed by atoms with Crippen molar-refractivity contribution in [2.75, 3.05) is 32.7 Å². The van der Waals surface area contributed by atoms with Gasteiger partial charge in [0.2, 0.25) is 0 Å². The maximum absolute atomic E-state index is 4.23. The summed E-state index contributed by atoms with van der Waals surface area (Å²) in [5, 5.41) is 3.33. The lowest BCUT2D eigenvalue weighted by Crippen LogP contribution is -2.43. The van der Waals surface area contributed by atoms with Crippen LogP contribution < -0.4 is 5.32 Å². The standard InChI is InChI=1S/C12H18N4/c1-2-16-11-7-14-12(16)4-3-8-15-9-5-13-6-10-15/h7,11,13H,2,5-6,8-10H2,1H3. The molecular weight excluding hydrogens is 200 g/mol. The van der Waals surface area contributed by atoms with Gasteiger partial charge in [0.05, 0.1) is 6.54 Å². The third-order valence-electron chi connectivity index (χ3n) is 2.77. The van der Waals surface area contributed by atoms with Gasteiger partial charge in [0.15, 0.2) is 5.82 Å². The molecule has 1 N–H and O–H groups in total. The number of hydrogen-bond acceptors (Lipinski definition) is 3. The highest BCUT2D eigenvalue weighted by molar-refractivity contribution is 5.22. The van der Waals surface area contributed by atoms with Crippen molar-refractivity contribution in [3.63, 3.8) is 0 Å². The van der Waals surface area contributed by atoms with Crippen molar-refractivity contribution in [1.29, 1.82) is 0 Å². The Morgan fingerprint density at radius 1 is 1.44 bits per heavy atom. The zero-order valence-electron chi connectivity index (χ0n) is 9.74. The van der Waals surface area contributed by atoms with Gasteiger partial charge in [-0.1, -0.05) is 5.92 Å². The van der Waals surface area contributed by atoms with Crippen LogP contribution in [0.1, 0.15) is 12.7 Å². The molecule has 1 aliphatic rings. The molecule has 0 aliphatic carbocycles. The molecule has 0 radical (unpaired) electrons. The quantitative estimate of drug-likeness (QED) is 0.718. The fourth-order valence-electron chi connectivity index (χ4n) is 1.79. The molecule has 1 saturated heterocycles. The summed E-state index contributed by atoms with van der Waals surface area (Å²) in [5.41, 5.74) is 0. The number of rotatable bonds is 2. The zero-order valence-corrected chi connectivity index (χ0v) is 9.74. The first-order chi connectivity index (χ1) is 7.90. The molecule has 0 saturated carbocycles. The number of hydrogen-bond donors (Lipinski definition) is 1. The van der Waals surface area contributed by atoms with Crippen molar-refractivity contribution < 1.29 is 0 Å². The number of aryl methyl sites for hydroxylation is 1. The third-order valence-corrected chi connectivity index (χ3v) is 2.77. The molecule has 1 aliphatic heterocycles. The minimum absolute atomic E-state index is 0.845. The average molecular weight is 218 g/mol. The van der Waals surface area contributed by atoms with Crippen LogP contribution in [0.5, 0.6) is 0 Å². The van der Waals surface area contributed by atoms with Crippen molar-refractivity contribution in [3.8, 4) is 11.8 Å². The highest BCUT2D eigenvalue weighted by atomic mass is 15.2. The van der Waals surface area contributed by atoms with Crippen LogP contribution in [-0.4, -0.2) is 47.2 Å². The van der Waals surface area contributed by atoms with Crippen molar-refractivity contribution in [3.05, 3.63) is 18.2 Å². The number of piperazine rings is 1. The van der Waals surface area contributed by atoms with E-state index in [0.717, 1.165) is 45.1 Å². The van der Waals surface area contributed by atoms with E-state index in [4.69, 9.17) is 0 Å². The molecule has 1 aromatic rings. The van der Waals surface area contributed by atoms with E-state index < -0.39 is 0 Å². The van der Waals surface area contributed by atoms with Crippen LogP contribution in [0, 0.1) is 11.8 Å². The highest BCUT2D eigenvalue weighted by Crippen LogP contribution is 1.95. The number of imidazole rings is 1. The fourth-order valence-corrected chi connectivity index (χ4v) is 1.79. The third kappa shape index (κ3) is 2.84. The Morgan fingerprint density at radius 2 is 2.25 bits per heavy atom. The summed E-state index contributed by atoms with van der Waals surface area (Å²) in [7, 11) is 0. The van der Waals surface area contributed by atoms with E-state index in [1.807, 2.05) is 6.20 Å². The van der Waals surface area contributed by atoms with Gasteiger partial charge in [0.25, 0.3) is 0 Å². The molecule has 86 valence electrons. The molecule has 0 unspecified atom stereocenters. The fraction of sp³-hybridized carbons (Fsp3) is 0.583. The van der Waals surface area contributed by atoms with Crippen molar-refractivity contribution >= 4 is 0 Å². The first-order valence-electron chi connectivity index (χ1n) is 5.83. The second kappa shape index (κ2) is 5.69. The lowest BCUT2D eigenvalue weighted by Gasteiger charge is -2.24. The second-order valence-electron chi connectivity index (χ2n) is 3.86. The van der Waals surface area contributed by atoms with Crippen molar-refractivity contribution in [1.82, 2.24) is 19.8 Å². The maximum atomic E-state index is 4.23. The van der Waals surface area contributed by atoms with E-state index in [1.54, 1.807) is 6.20 Å². The first kappa shape index (κ1) is 11.2. The molecule has 16 heavy (non-hydrogen) atoms. The van der Waals surface area contributed by atoms with E-state index in [0.29, 0.717) is 0 Å². The predicted molar refractivity (Wildman–Crippen MR) is 64.1 cm³/mol. The number of nitrogens with one attached hydrogen (secondary N) is 1. The predicted octanol–water partition coefficient (Wildman–Crippen LogP) is 0.160. The Bertz CT molecular complexity index is 379. The van der Waals surface area contributed by atoms with E-state index in [1.165, 1.54) is 0 Å². The van der Waals surface area contributed by atoms with Crippen LogP contribution in [0.2, 0.25) is 0 Å². The average Bonchev–Trinajstić information content (AvgIpc) is 2.78. The van der Waals surface area contributed by atoms with Crippen LogP contribution in [0.25, 0.3) is 0 Å². The Labute approximate surface area is 96.7 Å². The van der Waals surface area contributed by atoms with Gasteiger partial charge in [-0.2, -0.15) is 0 Å². The van der Waals surface area contributed by atoms with Gasteiger partial charge in [-0.25, -0.2) is 4.98 Å². The molecule has 0 amide bonds. The minimum Gasteiger partial charge on any atom is -0.325 e. The molecule has 2 rings (SSSR count). The normalized spacial score (nSPS) is 16.8. The van der Waals surface area contributed by atoms with Gasteiger partial charge >= 0.3 is 0 Å². The smallest absolute Gasteiger partial charge is 0.185 e. The Balaban J connectivity index is 1.89. The highest BCUT2D eigenvalue weighted by Gasteiger charge is 2.06. The van der Waals surface area contributed by atoms with Crippen LogP contribution in [-0.2, 0) is 6.54 Å². The van der Waals surface area contributed by atoms with Crippen LogP contribution in [0.4, 0.5) is 0 Å². The van der Waals surface area contributed by atoms with Crippen molar-refractivity contribution in [2.45, 2.75) is 13.5 Å². The molecule has 4 heteroatoms. The van der Waals surface area contributed by atoms with E-state index in [2.05, 4.69) is 38.5 Å². The van der Waals surface area contributed by atoms with Gasteiger partial charge in [0, 0.05) is 45.1 Å². The van der Waals surface area contributed by atoms with Crippen molar-refractivity contribution in [2.24, 2.45) is 0 Å². The summed E-state index contributed by atoms with van der Waals surface area (Å²) in [4.78, 5) is 6.59. The molecule has 0 bridgehead atoms. The maximum Gasteiger partial charge on any atom is 0.185 e. The van der Waals surface area contributed by atoms with Gasteiger partial charge < -0.3 is 9.88 Å². The van der Waals surface area contributed by atoms with Gasteiger partial charge in [-0.15, -0.1) is 0 Å². The Hall–Kier alpha value is -1.31. The van der Waals surface area contributed by atoms with E-state index in [9.17, 15) is 0 Å². The zero-order chi connectivity index (χ0) is 11.2. The van der Waals surface area contributed by atoms with Gasteiger partial charge in [-0.3, -0.25) is 4.90 Å². The summed E-state index contributed by atoms with van der Waals surface area (Å²) < 4.78 is 2.06. The Kier molecular flexibility index (Phi) is 3.97. The summed E-state index contributed by atoms with van der Waals surface area (Å²) in [6.45, 7) is 8.21. The molecular formula is C12H18N4. The minimum atomic E-state index is 0.845. The topological polar surface area (TPSA) is 33.1 Å². The van der Waals surface area contributed by atoms with Crippen LogP contribution >= 0.6 is 0 Å². The summed E-state index contributed by atoms with van der Waals surface area (Å²) in [6, 6.07) is 0. The van der Waals surface area contributed by atoms with Gasteiger partial charge in [0.1, 0.15) is 0 Å². The first-order valence-corrected chi connectivity index (χ1v) is 5.83. The molecule has 2 heterocycles.